The van der Waals surface area contributed by atoms with Gasteiger partial charge in [0.25, 0.3) is 0 Å². The number of aliphatic hydroxyl groups excluding tert-OH is 1. The van der Waals surface area contributed by atoms with Gasteiger partial charge < -0.3 is 33.8 Å². The molecule has 5 atom stereocenters. The molecule has 0 saturated carbocycles. The number of rotatable bonds is 77. The highest BCUT2D eigenvalue weighted by Gasteiger charge is 2.30. The predicted octanol–water partition coefficient (Wildman–Crippen LogP) is 24.1. The highest BCUT2D eigenvalue weighted by molar-refractivity contribution is 7.47. The van der Waals surface area contributed by atoms with Crippen LogP contribution >= 0.6 is 15.6 Å². The maximum atomic E-state index is 13.1. The van der Waals surface area contributed by atoms with Crippen LogP contribution in [0.4, 0.5) is 0 Å². The van der Waals surface area contributed by atoms with Gasteiger partial charge in [0.1, 0.15) is 19.3 Å². The lowest BCUT2D eigenvalue weighted by Crippen LogP contribution is -2.30. The molecular weight excluding hydrogens is 1350 g/mol. The van der Waals surface area contributed by atoms with Gasteiger partial charge in [-0.25, -0.2) is 9.13 Å². The molecule has 0 spiro atoms. The molecule has 0 aliphatic rings. The fourth-order valence-electron chi connectivity index (χ4n) is 10.9. The van der Waals surface area contributed by atoms with Crippen LogP contribution in [-0.2, 0) is 65.4 Å². The zero-order valence-corrected chi connectivity index (χ0v) is 67.5. The summed E-state index contributed by atoms with van der Waals surface area (Å²) in [6, 6.07) is 0. The molecule has 0 amide bonds. The molecule has 0 rings (SSSR count). The van der Waals surface area contributed by atoms with Crippen molar-refractivity contribution in [3.8, 4) is 0 Å². The lowest BCUT2D eigenvalue weighted by atomic mass is 10.0. The third-order valence-electron chi connectivity index (χ3n) is 17.2. The number of phosphoric ester groups is 2. The van der Waals surface area contributed by atoms with Gasteiger partial charge in [0.2, 0.25) is 0 Å². The third-order valence-corrected chi connectivity index (χ3v) is 19.1. The summed E-state index contributed by atoms with van der Waals surface area (Å²) in [4.78, 5) is 73.0. The van der Waals surface area contributed by atoms with Crippen molar-refractivity contribution in [2.45, 2.75) is 367 Å². The fraction of sp³-hybridized carbons (Fsp3) is 0.741. The van der Waals surface area contributed by atoms with Crippen LogP contribution in [0.2, 0.25) is 0 Å². The Labute approximate surface area is 632 Å². The number of esters is 4. The van der Waals surface area contributed by atoms with Crippen LogP contribution in [0.5, 0.6) is 0 Å². The van der Waals surface area contributed by atoms with E-state index >= 15 is 0 Å². The zero-order valence-electron chi connectivity index (χ0n) is 65.7. The zero-order chi connectivity index (χ0) is 76.0. The molecule has 0 bridgehead atoms. The highest BCUT2D eigenvalue weighted by atomic mass is 31.2. The highest BCUT2D eigenvalue weighted by Crippen LogP contribution is 2.45. The normalized spacial score (nSPS) is 14.4. The fourth-order valence-corrected chi connectivity index (χ4v) is 12.5. The van der Waals surface area contributed by atoms with Gasteiger partial charge in [-0.15, -0.1) is 0 Å². The molecular formula is C85H148O17P2. The lowest BCUT2D eigenvalue weighted by Gasteiger charge is -2.21. The number of allylic oxidation sites excluding steroid dienone is 18. The molecule has 3 N–H and O–H groups in total. The lowest BCUT2D eigenvalue weighted by molar-refractivity contribution is -0.161. The van der Waals surface area contributed by atoms with Crippen LogP contribution in [0.25, 0.3) is 0 Å². The Kier molecular flexibility index (Phi) is 73.7. The molecule has 0 aromatic rings. The molecule has 0 aliphatic carbocycles. The van der Waals surface area contributed by atoms with Crippen LogP contribution < -0.4 is 0 Å². The van der Waals surface area contributed by atoms with E-state index in [-0.39, 0.29) is 25.7 Å². The van der Waals surface area contributed by atoms with Crippen LogP contribution in [0.15, 0.2) is 109 Å². The summed E-state index contributed by atoms with van der Waals surface area (Å²) >= 11 is 0. The minimum absolute atomic E-state index is 0.0172. The molecule has 0 aromatic heterocycles. The summed E-state index contributed by atoms with van der Waals surface area (Å²) in [5, 5.41) is 10.6. The predicted molar refractivity (Wildman–Crippen MR) is 427 cm³/mol. The van der Waals surface area contributed by atoms with Gasteiger partial charge in [-0.2, -0.15) is 0 Å². The first-order valence-electron chi connectivity index (χ1n) is 41.1. The summed E-state index contributed by atoms with van der Waals surface area (Å²) in [6.07, 6.45) is 83.6. The summed E-state index contributed by atoms with van der Waals surface area (Å²) in [5.41, 5.74) is 0. The summed E-state index contributed by atoms with van der Waals surface area (Å²) in [6.45, 7) is 4.72. The molecule has 2 unspecified atom stereocenters. The number of aliphatic hydroxyl groups is 1. The van der Waals surface area contributed by atoms with Crippen LogP contribution in [0.3, 0.4) is 0 Å². The van der Waals surface area contributed by atoms with E-state index in [1.807, 2.05) is 24.3 Å². The number of ether oxygens (including phenoxy) is 4. The first-order chi connectivity index (χ1) is 50.7. The standard InChI is InChI=1S/C85H148O17P2/c1-5-9-13-17-21-25-29-33-37-39-43-46-50-54-58-62-66-70-83(88)96-76-80(101-84(89)71-67-63-59-55-51-47-42-36-32-28-24-20-16-12-8-4)77-99-103(91,92)97-73-79(86)74-98-104(93,94)100-78-81(75-95-82(87)69-65-61-57-53-49-45-41-35-31-27-23-19-15-11-7-3)102-85(90)72-68-64-60-56-52-48-44-40-38-34-30-26-22-18-14-10-6-2/h21-22,25-27,31,33-34,37-38,43-44,46,48,54,56,58,60,79-81,86H,5-20,23-24,28-30,32,35-36,39-42,45,47,49-53,55,57,59,61-78H2,1-4H3,(H,91,92)(H,93,94)/b25-21-,26-22-,31-27-,37-33-,38-34-,46-43-,48-44-,58-54-,60-56-/t79-,80-,81-/m1/s1. The Balaban J connectivity index is 5.45. The van der Waals surface area contributed by atoms with Gasteiger partial charge in [0.05, 0.1) is 26.4 Å². The van der Waals surface area contributed by atoms with Crippen molar-refractivity contribution in [3.05, 3.63) is 109 Å². The van der Waals surface area contributed by atoms with Gasteiger partial charge in [-0.1, -0.05) is 304 Å². The number of phosphoric acid groups is 2. The SMILES string of the molecule is CCCCC/C=C\C/C=C\C/C=C\C/C=C\CCCC(=O)OC[C@H](COP(=O)(O)OC[C@@H](O)COP(=O)(O)OC[C@@H](COC(=O)CCCCCCCCC/C=C\CCCCCC)OC(=O)CCC/C=C\C/C=C\C/C=C\C/C=C\CCCCC)OC(=O)CCCCCCCCCCCCCCCCC. The first kappa shape index (κ1) is 99.7. The van der Waals surface area contributed by atoms with Gasteiger partial charge in [0, 0.05) is 25.7 Å². The maximum Gasteiger partial charge on any atom is 0.472 e. The Hall–Kier alpha value is -4.28. The molecule has 0 saturated heterocycles. The number of carbonyl (C=O) groups excluding carboxylic acids is 4. The average Bonchev–Trinajstić information content (AvgIpc) is 0.909. The Morgan fingerprint density at radius 1 is 0.269 bits per heavy atom. The van der Waals surface area contributed by atoms with Crippen LogP contribution in [-0.4, -0.2) is 96.7 Å². The quantitative estimate of drug-likeness (QED) is 0.0169. The largest absolute Gasteiger partial charge is 0.472 e. The molecule has 0 heterocycles. The number of hydrogen-bond donors (Lipinski definition) is 3. The first-order valence-corrected chi connectivity index (χ1v) is 44.1. The van der Waals surface area contributed by atoms with E-state index in [4.69, 9.17) is 37.0 Å². The molecule has 17 nitrogen and oxygen atoms in total. The number of carbonyl (C=O) groups is 4. The average molecular weight is 1500 g/mol. The second-order valence-corrected chi connectivity index (χ2v) is 30.3. The minimum Gasteiger partial charge on any atom is -0.462 e. The van der Waals surface area contributed by atoms with Crippen molar-refractivity contribution < 1.29 is 80.2 Å². The molecule has 104 heavy (non-hydrogen) atoms. The van der Waals surface area contributed by atoms with Crippen LogP contribution in [0.1, 0.15) is 349 Å². The minimum atomic E-state index is -5.00. The van der Waals surface area contributed by atoms with E-state index in [0.29, 0.717) is 38.5 Å². The second kappa shape index (κ2) is 76.9. The second-order valence-electron chi connectivity index (χ2n) is 27.4. The molecule has 0 aliphatic heterocycles. The molecule has 0 fully saturated rings. The van der Waals surface area contributed by atoms with E-state index in [1.165, 1.54) is 141 Å². The van der Waals surface area contributed by atoms with Crippen molar-refractivity contribution in [1.29, 1.82) is 0 Å². The maximum absolute atomic E-state index is 13.1. The monoisotopic (exact) mass is 1500 g/mol. The smallest absolute Gasteiger partial charge is 0.462 e. The van der Waals surface area contributed by atoms with E-state index < -0.39 is 97.5 Å². The van der Waals surface area contributed by atoms with Gasteiger partial charge in [-0.3, -0.25) is 37.3 Å². The molecule has 0 radical (unpaired) electrons. The van der Waals surface area contributed by atoms with Gasteiger partial charge >= 0.3 is 39.5 Å². The Morgan fingerprint density at radius 3 is 0.808 bits per heavy atom. The summed E-state index contributed by atoms with van der Waals surface area (Å²) in [5.74, 6) is -2.29. The molecule has 0 aromatic carbocycles. The Morgan fingerprint density at radius 2 is 0.481 bits per heavy atom. The van der Waals surface area contributed by atoms with E-state index in [2.05, 4.69) is 113 Å². The van der Waals surface area contributed by atoms with Crippen molar-refractivity contribution >= 4 is 39.5 Å². The third kappa shape index (κ3) is 75.9. The van der Waals surface area contributed by atoms with Crippen LogP contribution in [0, 0.1) is 0 Å². The number of hydrogen-bond acceptors (Lipinski definition) is 15. The molecule has 19 heteroatoms. The van der Waals surface area contributed by atoms with E-state index in [0.717, 1.165) is 116 Å². The molecule has 600 valence electrons. The Bertz CT molecular complexity index is 2390. The van der Waals surface area contributed by atoms with Crippen molar-refractivity contribution in [2.24, 2.45) is 0 Å². The summed E-state index contributed by atoms with van der Waals surface area (Å²) in [7, 11) is -9.99. The topological polar surface area (TPSA) is 237 Å². The van der Waals surface area contributed by atoms with Gasteiger partial charge in [-0.05, 0) is 128 Å². The van der Waals surface area contributed by atoms with E-state index in [9.17, 15) is 43.2 Å². The number of unbranched alkanes of at least 4 members (excludes halogenated alkanes) is 33. The van der Waals surface area contributed by atoms with E-state index in [1.54, 1.807) is 0 Å². The van der Waals surface area contributed by atoms with Crippen molar-refractivity contribution in [1.82, 2.24) is 0 Å². The summed E-state index contributed by atoms with van der Waals surface area (Å²) < 4.78 is 68.6. The van der Waals surface area contributed by atoms with Crippen molar-refractivity contribution in [2.75, 3.05) is 39.6 Å². The van der Waals surface area contributed by atoms with Crippen molar-refractivity contribution in [3.63, 3.8) is 0 Å². The van der Waals surface area contributed by atoms with Gasteiger partial charge in [0.15, 0.2) is 12.2 Å².